The summed E-state index contributed by atoms with van der Waals surface area (Å²) in [7, 11) is 0. The molecule has 0 aliphatic rings. The van der Waals surface area contributed by atoms with E-state index in [9.17, 15) is 0 Å². The number of benzene rings is 2. The van der Waals surface area contributed by atoms with Crippen LogP contribution in [0.25, 0.3) is 5.57 Å². The Kier molecular flexibility index (Phi) is 25.5. The Morgan fingerprint density at radius 3 is 1.69 bits per heavy atom. The van der Waals surface area contributed by atoms with E-state index >= 15 is 0 Å². The molecule has 2 N–H and O–H groups in total. The maximum absolute atomic E-state index is 8.76. The second kappa shape index (κ2) is 21.5. The maximum atomic E-state index is 8.76. The Bertz CT molecular complexity index is 615. The quantitative estimate of drug-likeness (QED) is 0.290. The zero-order valence-corrected chi connectivity index (χ0v) is 21.1. The maximum Gasteiger partial charge on any atom is 2.00 e. The molecule has 0 atom stereocenters. The van der Waals surface area contributed by atoms with Crippen LogP contribution in [-0.2, 0) is 12.8 Å². The number of terminal acetylenes is 1. The number of aryl methyl sites for hydroxylation is 2. The SMILES string of the molecule is C#CCO.C=C(CO)c1ccc(C)cc1.Cc1ccc(Br)cc1.[Cu][I].[H-].[H-].[Mg+2]. The Morgan fingerprint density at radius 2 is 1.42 bits per heavy atom. The van der Waals surface area contributed by atoms with Crippen molar-refractivity contribution >= 4 is 64.9 Å². The van der Waals surface area contributed by atoms with Gasteiger partial charge in [-0.05, 0) is 37.1 Å². The molecule has 0 saturated carbocycles. The predicted molar refractivity (Wildman–Crippen MR) is 124 cm³/mol. The van der Waals surface area contributed by atoms with Crippen molar-refractivity contribution in [3.8, 4) is 12.3 Å². The van der Waals surface area contributed by atoms with E-state index in [0.29, 0.717) is 0 Å². The first kappa shape index (κ1) is 30.9. The Hall–Kier alpha value is 0.156. The molecule has 0 unspecified atom stereocenters. The van der Waals surface area contributed by atoms with Crippen molar-refractivity contribution in [3.63, 3.8) is 0 Å². The van der Waals surface area contributed by atoms with Gasteiger partial charge < -0.3 is 13.1 Å². The van der Waals surface area contributed by atoms with E-state index in [4.69, 9.17) is 10.2 Å². The molecule has 6 heteroatoms. The van der Waals surface area contributed by atoms with Gasteiger partial charge in [-0.2, -0.15) is 0 Å². The van der Waals surface area contributed by atoms with Crippen molar-refractivity contribution in [1.82, 2.24) is 0 Å². The van der Waals surface area contributed by atoms with Crippen LogP contribution in [0.2, 0.25) is 0 Å². The van der Waals surface area contributed by atoms with Gasteiger partial charge in [0.05, 0.1) is 6.61 Å². The van der Waals surface area contributed by atoms with E-state index in [1.807, 2.05) is 49.2 Å². The molecule has 0 saturated heterocycles. The molecule has 26 heavy (non-hydrogen) atoms. The smallest absolute Gasteiger partial charge is 1.00 e. The summed E-state index contributed by atoms with van der Waals surface area (Å²) in [5, 5.41) is 16.4. The van der Waals surface area contributed by atoms with Crippen molar-refractivity contribution < 1.29 is 25.8 Å². The zero-order valence-electron chi connectivity index (χ0n) is 17.0. The third kappa shape index (κ3) is 17.6. The Morgan fingerprint density at radius 1 is 1.08 bits per heavy atom. The molecule has 0 spiro atoms. The van der Waals surface area contributed by atoms with Crippen molar-refractivity contribution in [2.24, 2.45) is 0 Å². The average Bonchev–Trinajstić information content (AvgIpc) is 2.66. The van der Waals surface area contributed by atoms with Crippen molar-refractivity contribution in [3.05, 3.63) is 76.3 Å². The van der Waals surface area contributed by atoms with E-state index in [2.05, 4.69) is 60.8 Å². The molecule has 0 amide bonds. The normalized spacial score (nSPS) is 7.96. The van der Waals surface area contributed by atoms with E-state index in [-0.39, 0.29) is 39.1 Å². The molecule has 0 radical (unpaired) electrons. The number of aliphatic hydroxyl groups excluding tert-OH is 2. The molecular formula is C20H25BrCuIMgO2. The van der Waals surface area contributed by atoms with Crippen LogP contribution in [0.5, 0.6) is 0 Å². The van der Waals surface area contributed by atoms with Gasteiger partial charge in [0.15, 0.2) is 0 Å². The van der Waals surface area contributed by atoms with Gasteiger partial charge in [0.2, 0.25) is 0 Å². The molecule has 0 bridgehead atoms. The van der Waals surface area contributed by atoms with Crippen LogP contribution in [0.3, 0.4) is 0 Å². The summed E-state index contributed by atoms with van der Waals surface area (Å²) in [6.45, 7) is 7.71. The predicted octanol–water partition coefficient (Wildman–Crippen LogP) is 5.10. The summed E-state index contributed by atoms with van der Waals surface area (Å²) in [6.07, 6.45) is 4.53. The van der Waals surface area contributed by atoms with Gasteiger partial charge in [0.25, 0.3) is 0 Å². The first-order chi connectivity index (χ1) is 11.9. The van der Waals surface area contributed by atoms with Gasteiger partial charge in [0, 0.05) is 4.47 Å². The molecule has 2 aromatic rings. The van der Waals surface area contributed by atoms with Crippen molar-refractivity contribution in [1.29, 1.82) is 0 Å². The van der Waals surface area contributed by atoms with Crippen LogP contribution < -0.4 is 0 Å². The number of hydrogen-bond donors (Lipinski definition) is 2. The molecule has 0 heterocycles. The molecule has 0 aliphatic heterocycles. The van der Waals surface area contributed by atoms with Crippen molar-refractivity contribution in [2.75, 3.05) is 13.2 Å². The van der Waals surface area contributed by atoms with Gasteiger partial charge in [-0.15, -0.1) is 6.42 Å². The fourth-order valence-corrected chi connectivity index (χ4v) is 1.68. The second-order valence-electron chi connectivity index (χ2n) is 4.79. The van der Waals surface area contributed by atoms with E-state index in [0.717, 1.165) is 15.6 Å². The summed E-state index contributed by atoms with van der Waals surface area (Å²) in [5.41, 5.74) is 4.30. The minimum Gasteiger partial charge on any atom is -1.00 e. The first-order valence-corrected chi connectivity index (χ1v) is 11.0. The molecule has 2 nitrogen and oxygen atoms in total. The first-order valence-electron chi connectivity index (χ1n) is 7.18. The fourth-order valence-electron chi connectivity index (χ4n) is 1.41. The average molecular weight is 592 g/mol. The number of halogens is 2. The minimum absolute atomic E-state index is 0. The van der Waals surface area contributed by atoms with E-state index in [1.165, 1.54) is 11.1 Å². The molecular weight excluding hydrogens is 567 g/mol. The fraction of sp³-hybridized carbons (Fsp3) is 0.200. The molecule has 2 rings (SSSR count). The molecule has 0 aromatic heterocycles. The van der Waals surface area contributed by atoms with Gasteiger partial charge in [-0.3, -0.25) is 0 Å². The van der Waals surface area contributed by atoms with Gasteiger partial charge >= 0.3 is 56.2 Å². The summed E-state index contributed by atoms with van der Waals surface area (Å²) >= 11 is 9.22. The van der Waals surface area contributed by atoms with Gasteiger partial charge in [0.1, 0.15) is 6.61 Å². The number of aliphatic hydroxyl groups is 2. The van der Waals surface area contributed by atoms with Crippen LogP contribution in [0.1, 0.15) is 19.5 Å². The standard InChI is InChI=1S/C10H12O.C7H7Br.C3H4O.Cu.HI.Mg.2H/c1-8-3-5-10(6-4-8)9(2)7-11;1-6-2-4-7(8)5-3-6;1-2-3-4;;;;;/h3-6,11H,2,7H2,1H3;2-5H,1H3;1,4H,3H2;;1H;;;/q;;;+1;;+2;2*-1/p-1. The van der Waals surface area contributed by atoms with E-state index < -0.39 is 0 Å². The van der Waals surface area contributed by atoms with Crippen LogP contribution >= 0.6 is 36.3 Å². The Balaban J connectivity index is -0.0000000928. The van der Waals surface area contributed by atoms with Crippen LogP contribution in [0, 0.1) is 26.2 Å². The second-order valence-corrected chi connectivity index (χ2v) is 5.70. The van der Waals surface area contributed by atoms with Gasteiger partial charge in [-0.1, -0.05) is 76.0 Å². The summed E-state index contributed by atoms with van der Waals surface area (Å²) in [6, 6.07) is 16.2. The van der Waals surface area contributed by atoms with Crippen LogP contribution in [0.4, 0.5) is 0 Å². The summed E-state index contributed by atoms with van der Waals surface area (Å²) in [5.74, 6) is 1.99. The molecule has 144 valence electrons. The summed E-state index contributed by atoms with van der Waals surface area (Å²) in [4.78, 5) is 0. The third-order valence-electron chi connectivity index (χ3n) is 2.75. The topological polar surface area (TPSA) is 40.5 Å². The Labute approximate surface area is 204 Å². The minimum atomic E-state index is -0.153. The number of rotatable bonds is 2. The van der Waals surface area contributed by atoms with E-state index in [1.54, 1.807) is 20.3 Å². The number of hydrogen-bond acceptors (Lipinski definition) is 2. The monoisotopic (exact) mass is 590 g/mol. The van der Waals surface area contributed by atoms with Crippen LogP contribution in [0.15, 0.2) is 59.6 Å². The molecule has 0 aliphatic carbocycles. The molecule has 2 aromatic carbocycles. The zero-order chi connectivity index (χ0) is 19.7. The van der Waals surface area contributed by atoms with Gasteiger partial charge in [-0.25, -0.2) is 0 Å². The third-order valence-corrected chi connectivity index (χ3v) is 3.28. The summed E-state index contributed by atoms with van der Waals surface area (Å²) < 4.78 is 1.14. The van der Waals surface area contributed by atoms with Crippen molar-refractivity contribution in [2.45, 2.75) is 13.8 Å². The molecule has 0 fully saturated rings. The largest absolute Gasteiger partial charge is 2.00 e. The van der Waals surface area contributed by atoms with Crippen LogP contribution in [-0.4, -0.2) is 46.5 Å².